The monoisotopic (exact) mass is 1280 g/mol. The molecule has 6 aromatic carbocycles. The lowest BCUT2D eigenvalue weighted by atomic mass is 9.88. The molecule has 70 heavy (non-hydrogen) atoms. The van der Waals surface area contributed by atoms with E-state index in [1.165, 1.54) is 26.9 Å². The second-order valence-corrected chi connectivity index (χ2v) is 30.8. The van der Waals surface area contributed by atoms with Crippen LogP contribution in [0.5, 0.6) is 0 Å². The fourth-order valence-corrected chi connectivity index (χ4v) is 9.46. The summed E-state index contributed by atoms with van der Waals surface area (Å²) >= 11 is 17.2. The Morgan fingerprint density at radius 3 is 0.586 bits per heavy atom. The first-order chi connectivity index (χ1) is 32.5. The lowest BCUT2D eigenvalue weighted by Crippen LogP contribution is -2.27. The van der Waals surface area contributed by atoms with Crippen molar-refractivity contribution in [2.75, 3.05) is 33.0 Å². The molecule has 0 saturated heterocycles. The summed E-state index contributed by atoms with van der Waals surface area (Å²) in [6, 6.07) is 11.6. The van der Waals surface area contributed by atoms with E-state index in [1.807, 2.05) is 0 Å². The predicted molar refractivity (Wildman–Crippen MR) is 299 cm³/mol. The third-order valence-electron chi connectivity index (χ3n) is 12.5. The second-order valence-electron chi connectivity index (χ2n) is 20.9. The van der Waals surface area contributed by atoms with Gasteiger partial charge in [0, 0.05) is 0 Å². The van der Waals surface area contributed by atoms with Crippen molar-refractivity contribution in [3.05, 3.63) is 58.1 Å². The molecule has 0 atom stereocenters. The number of ether oxygens (including phenoxy) is 5. The van der Waals surface area contributed by atoms with E-state index in [4.69, 9.17) is 23.7 Å². The van der Waals surface area contributed by atoms with Crippen LogP contribution in [0.25, 0.3) is 53.9 Å². The number of carbonyl (C=O) groups is 5. The van der Waals surface area contributed by atoms with Crippen molar-refractivity contribution in [2.24, 2.45) is 0 Å². The standard InChI is InChI=1S/C55H65Br5O10/c1-51(2,56)46(61)66-21-11-16-31-26-37-33(18-13-23-68-48(63)53(5,6)58)28-39-35(20-15-25-70-50(65)55(9,10)60)30-40-34(19-14-24-69-49(64)54(7,8)59)29-38-32(17-12-22-67-47(62)52(3,4)57)27-36(31)41-42(37)44(39)45(40)43(38)41/h26-30H,11-25H2,1-10H3. The topological polar surface area (TPSA) is 132 Å². The number of aryl methyl sites for hydroxylation is 5. The van der Waals surface area contributed by atoms with Gasteiger partial charge in [0.05, 0.1) is 33.0 Å². The first kappa shape index (κ1) is 56.4. The van der Waals surface area contributed by atoms with Crippen molar-refractivity contribution in [2.45, 2.75) is 155 Å². The number of esters is 5. The van der Waals surface area contributed by atoms with E-state index >= 15 is 0 Å². The number of alkyl halides is 5. The quantitative estimate of drug-likeness (QED) is 0.0179. The van der Waals surface area contributed by atoms with Crippen LogP contribution in [0.15, 0.2) is 30.3 Å². The van der Waals surface area contributed by atoms with Gasteiger partial charge in [0.15, 0.2) is 0 Å². The Morgan fingerprint density at radius 1 is 0.314 bits per heavy atom. The third-order valence-corrected chi connectivity index (χ3v) is 14.1. The van der Waals surface area contributed by atoms with E-state index in [9.17, 15) is 24.0 Å². The molecule has 0 amide bonds. The van der Waals surface area contributed by atoms with Gasteiger partial charge in [0.1, 0.15) is 21.6 Å². The van der Waals surface area contributed by atoms with Crippen molar-refractivity contribution < 1.29 is 47.7 Å². The van der Waals surface area contributed by atoms with E-state index in [0.29, 0.717) is 64.2 Å². The first-order valence-electron chi connectivity index (χ1n) is 24.1. The molecule has 0 saturated carbocycles. The minimum Gasteiger partial charge on any atom is -0.465 e. The SMILES string of the molecule is CC(C)(Br)C(=O)OCCCc1cc2c(CCCOC(=O)C(C)(C)Br)cc3c(CCCOC(=O)C(C)(C)Br)cc4c(CCCOC(=O)C(C)(C)Br)cc5c(CCCOC(=O)C(C)(C)Br)cc1c1c5c4c3c21. The van der Waals surface area contributed by atoms with E-state index < -0.39 is 21.6 Å². The Balaban J connectivity index is 1.56. The molecule has 0 aliphatic heterocycles. The van der Waals surface area contributed by atoms with Gasteiger partial charge in [-0.05, 0) is 215 Å². The largest absolute Gasteiger partial charge is 0.465 e. The minimum atomic E-state index is -0.800. The summed E-state index contributed by atoms with van der Waals surface area (Å²) in [5, 5.41) is 11.6. The molecule has 0 unspecified atom stereocenters. The average Bonchev–Trinajstić information content (AvgIpc) is 3.61. The number of carbonyl (C=O) groups excluding carboxylic acids is 5. The molecular weight excluding hydrogens is 1220 g/mol. The van der Waals surface area contributed by atoms with Crippen LogP contribution in [0.4, 0.5) is 0 Å². The van der Waals surface area contributed by atoms with Crippen LogP contribution in [0.2, 0.25) is 0 Å². The van der Waals surface area contributed by atoms with Gasteiger partial charge in [-0.1, -0.05) is 110 Å². The number of hydrogen-bond acceptors (Lipinski definition) is 10. The number of benzene rings is 5. The van der Waals surface area contributed by atoms with Gasteiger partial charge < -0.3 is 23.7 Å². The number of halogens is 5. The van der Waals surface area contributed by atoms with Crippen LogP contribution in [0.1, 0.15) is 129 Å². The maximum absolute atomic E-state index is 12.8. The highest BCUT2D eigenvalue weighted by molar-refractivity contribution is 9.11. The van der Waals surface area contributed by atoms with Crippen LogP contribution in [-0.2, 0) is 79.8 Å². The zero-order chi connectivity index (χ0) is 51.7. The smallest absolute Gasteiger partial charge is 0.322 e. The zero-order valence-electron chi connectivity index (χ0n) is 42.0. The lowest BCUT2D eigenvalue weighted by molar-refractivity contribution is -0.146. The molecular formula is C55H65Br5O10. The molecule has 0 fully saturated rings. The van der Waals surface area contributed by atoms with Crippen molar-refractivity contribution in [3.63, 3.8) is 0 Å². The van der Waals surface area contributed by atoms with Crippen LogP contribution in [0.3, 0.4) is 0 Å². The Kier molecular flexibility index (Phi) is 18.0. The summed E-state index contributed by atoms with van der Waals surface area (Å²) in [6.07, 6.45) is 6.29. The molecule has 0 spiro atoms. The minimum absolute atomic E-state index is 0.256. The van der Waals surface area contributed by atoms with Gasteiger partial charge in [0.2, 0.25) is 0 Å². The summed E-state index contributed by atoms with van der Waals surface area (Å²) in [4.78, 5) is 63.9. The van der Waals surface area contributed by atoms with Crippen LogP contribution >= 0.6 is 79.6 Å². The van der Waals surface area contributed by atoms with Crippen LogP contribution in [0, 0.1) is 0 Å². The third kappa shape index (κ3) is 13.3. The Hall–Kier alpha value is -2.85. The maximum atomic E-state index is 12.8. The Bertz CT molecular complexity index is 2380. The van der Waals surface area contributed by atoms with E-state index in [0.717, 1.165) is 54.7 Å². The molecule has 10 nitrogen and oxygen atoms in total. The lowest BCUT2D eigenvalue weighted by Gasteiger charge is -2.18. The van der Waals surface area contributed by atoms with Crippen molar-refractivity contribution >= 4 is 163 Å². The summed E-state index contributed by atoms with van der Waals surface area (Å²) in [5.74, 6) is -1.60. The summed E-state index contributed by atoms with van der Waals surface area (Å²) in [7, 11) is 0. The first-order valence-corrected chi connectivity index (χ1v) is 28.0. The maximum Gasteiger partial charge on any atom is 0.322 e. The molecule has 0 aromatic heterocycles. The fourth-order valence-electron chi connectivity index (χ4n) is 8.89. The fraction of sp³-hybridized carbons (Fsp3) is 0.545. The highest BCUT2D eigenvalue weighted by Gasteiger charge is 2.31. The van der Waals surface area contributed by atoms with Gasteiger partial charge in [-0.3, -0.25) is 24.0 Å². The normalized spacial score (nSPS) is 13.1. The van der Waals surface area contributed by atoms with Gasteiger partial charge in [-0.25, -0.2) is 0 Å². The van der Waals surface area contributed by atoms with Gasteiger partial charge in [-0.15, -0.1) is 0 Å². The summed E-state index contributed by atoms with van der Waals surface area (Å²) in [6.45, 7) is 19.0. The van der Waals surface area contributed by atoms with E-state index in [-0.39, 0.29) is 62.9 Å². The van der Waals surface area contributed by atoms with Crippen molar-refractivity contribution in [1.29, 1.82) is 0 Å². The molecule has 380 valence electrons. The van der Waals surface area contributed by atoms with Crippen LogP contribution in [-0.4, -0.2) is 84.5 Å². The Morgan fingerprint density at radius 2 is 0.457 bits per heavy atom. The average molecular weight is 1290 g/mol. The summed E-state index contributed by atoms with van der Waals surface area (Å²) in [5.41, 5.74) is 5.69. The number of hydrogen-bond donors (Lipinski definition) is 0. The number of rotatable bonds is 25. The second kappa shape index (κ2) is 22.3. The molecule has 0 radical (unpaired) electrons. The predicted octanol–water partition coefficient (Wildman–Crippen LogP) is 14.0. The summed E-state index contributed by atoms with van der Waals surface area (Å²) < 4.78 is 24.7. The van der Waals surface area contributed by atoms with Crippen LogP contribution < -0.4 is 0 Å². The van der Waals surface area contributed by atoms with Crippen molar-refractivity contribution in [3.8, 4) is 0 Å². The molecule has 0 N–H and O–H groups in total. The van der Waals surface area contributed by atoms with Gasteiger partial charge in [0.25, 0.3) is 0 Å². The molecule has 6 rings (SSSR count). The zero-order valence-corrected chi connectivity index (χ0v) is 49.9. The molecule has 0 aliphatic rings. The van der Waals surface area contributed by atoms with Gasteiger partial charge >= 0.3 is 29.8 Å². The molecule has 0 bridgehead atoms. The highest BCUT2D eigenvalue weighted by Crippen LogP contribution is 2.53. The van der Waals surface area contributed by atoms with E-state index in [1.54, 1.807) is 69.2 Å². The molecule has 0 heterocycles. The molecule has 0 aliphatic carbocycles. The highest BCUT2D eigenvalue weighted by atomic mass is 79.9. The van der Waals surface area contributed by atoms with Crippen molar-refractivity contribution in [1.82, 2.24) is 0 Å². The van der Waals surface area contributed by atoms with E-state index in [2.05, 4.69) is 110 Å². The Labute approximate surface area is 453 Å². The van der Waals surface area contributed by atoms with Gasteiger partial charge in [-0.2, -0.15) is 0 Å². The molecule has 6 aromatic rings. The molecule has 15 heteroatoms.